The number of fused-ring (bicyclic) bond motifs is 2. The Hall–Kier alpha value is -2.18. The maximum atomic E-state index is 14.2. The average molecular weight is 364 g/mol. The van der Waals surface area contributed by atoms with Crippen molar-refractivity contribution < 1.29 is 13.5 Å². The lowest BCUT2D eigenvalue weighted by Gasteiger charge is -2.34. The van der Waals surface area contributed by atoms with E-state index in [9.17, 15) is 8.78 Å². The van der Waals surface area contributed by atoms with E-state index >= 15 is 0 Å². The van der Waals surface area contributed by atoms with Gasteiger partial charge in [-0.1, -0.05) is 11.6 Å². The maximum Gasteiger partial charge on any atom is 0.203 e. The molecule has 0 saturated carbocycles. The van der Waals surface area contributed by atoms with E-state index in [0.29, 0.717) is 22.2 Å². The van der Waals surface area contributed by atoms with Crippen LogP contribution in [0, 0.1) is 11.6 Å². The standard InChI is InChI=1S/C18H16ClF2N3O/c1-23-6-8-24(9-7-23)18-12-10-11(19)2-5-15(12)25-17-14(22-18)4-3-13(20)16(17)21/h2-5,10H,6-9H2,1H3. The third-order valence-electron chi connectivity index (χ3n) is 4.45. The first-order chi connectivity index (χ1) is 12.0. The van der Waals surface area contributed by atoms with Crippen LogP contribution in [0.1, 0.15) is 5.56 Å². The van der Waals surface area contributed by atoms with Gasteiger partial charge in [0.1, 0.15) is 17.3 Å². The van der Waals surface area contributed by atoms with Gasteiger partial charge in [0, 0.05) is 31.2 Å². The highest BCUT2D eigenvalue weighted by molar-refractivity contribution is 6.31. The van der Waals surface area contributed by atoms with Gasteiger partial charge < -0.3 is 14.5 Å². The number of aliphatic imine (C=N–C) groups is 1. The van der Waals surface area contributed by atoms with E-state index in [0.717, 1.165) is 32.2 Å². The molecule has 0 unspecified atom stereocenters. The highest BCUT2D eigenvalue weighted by Gasteiger charge is 2.27. The molecule has 130 valence electrons. The van der Waals surface area contributed by atoms with Crippen LogP contribution in [0.15, 0.2) is 35.3 Å². The summed E-state index contributed by atoms with van der Waals surface area (Å²) in [6, 6.07) is 7.55. The first-order valence-electron chi connectivity index (χ1n) is 8.01. The Bertz CT molecular complexity index is 864. The van der Waals surface area contributed by atoms with Crippen molar-refractivity contribution in [3.05, 3.63) is 52.6 Å². The van der Waals surface area contributed by atoms with Crippen LogP contribution in [0.3, 0.4) is 0 Å². The van der Waals surface area contributed by atoms with E-state index in [1.165, 1.54) is 6.07 Å². The second-order valence-electron chi connectivity index (χ2n) is 6.18. The quantitative estimate of drug-likeness (QED) is 0.707. The van der Waals surface area contributed by atoms with E-state index in [-0.39, 0.29) is 11.4 Å². The summed E-state index contributed by atoms with van der Waals surface area (Å²) in [5, 5.41) is 0.529. The number of hydrogen-bond donors (Lipinski definition) is 0. The van der Waals surface area contributed by atoms with Crippen molar-refractivity contribution >= 4 is 23.1 Å². The Morgan fingerprint density at radius 1 is 1.08 bits per heavy atom. The molecule has 0 aromatic heterocycles. The second kappa shape index (κ2) is 6.28. The smallest absolute Gasteiger partial charge is 0.203 e. The minimum Gasteiger partial charge on any atom is -0.451 e. The maximum absolute atomic E-state index is 14.2. The van der Waals surface area contributed by atoms with E-state index in [1.54, 1.807) is 18.2 Å². The number of nitrogens with zero attached hydrogens (tertiary/aromatic N) is 3. The third-order valence-corrected chi connectivity index (χ3v) is 4.69. The molecule has 0 aliphatic carbocycles. The van der Waals surface area contributed by atoms with Crippen LogP contribution in [-0.2, 0) is 0 Å². The van der Waals surface area contributed by atoms with Crippen molar-refractivity contribution in [3.8, 4) is 11.5 Å². The Morgan fingerprint density at radius 2 is 1.84 bits per heavy atom. The van der Waals surface area contributed by atoms with Gasteiger partial charge in [0.05, 0.1) is 5.56 Å². The van der Waals surface area contributed by atoms with Gasteiger partial charge in [0.25, 0.3) is 0 Å². The molecule has 0 radical (unpaired) electrons. The zero-order valence-electron chi connectivity index (χ0n) is 13.6. The molecule has 2 aliphatic heterocycles. The summed E-state index contributed by atoms with van der Waals surface area (Å²) in [5.74, 6) is -1.14. The molecule has 0 amide bonds. The molecule has 2 heterocycles. The predicted octanol–water partition coefficient (Wildman–Crippen LogP) is 4.05. The molecule has 0 atom stereocenters. The number of hydrogen-bond acceptors (Lipinski definition) is 4. The van der Waals surface area contributed by atoms with Crippen LogP contribution in [0.25, 0.3) is 0 Å². The molecular formula is C18H16ClF2N3O. The van der Waals surface area contributed by atoms with E-state index in [2.05, 4.69) is 21.8 Å². The van der Waals surface area contributed by atoms with Crippen LogP contribution < -0.4 is 4.74 Å². The van der Waals surface area contributed by atoms with Gasteiger partial charge in [0.2, 0.25) is 5.82 Å². The molecule has 0 N–H and O–H groups in total. The first kappa shape index (κ1) is 16.3. The largest absolute Gasteiger partial charge is 0.451 e. The molecule has 2 aromatic rings. The molecule has 1 saturated heterocycles. The van der Waals surface area contributed by atoms with Crippen molar-refractivity contribution in [3.63, 3.8) is 0 Å². The van der Waals surface area contributed by atoms with Crippen molar-refractivity contribution in [1.82, 2.24) is 9.80 Å². The lowest BCUT2D eigenvalue weighted by atomic mass is 10.1. The molecule has 2 aromatic carbocycles. The highest BCUT2D eigenvalue weighted by Crippen LogP contribution is 2.41. The number of benzene rings is 2. The SMILES string of the molecule is CN1CCN(C2=Nc3ccc(F)c(F)c3Oc3ccc(Cl)cc32)CC1. The summed E-state index contributed by atoms with van der Waals surface area (Å²) in [6.45, 7) is 3.33. The van der Waals surface area contributed by atoms with Crippen molar-refractivity contribution in [1.29, 1.82) is 0 Å². The Labute approximate surface area is 149 Å². The van der Waals surface area contributed by atoms with Crippen LogP contribution in [0.4, 0.5) is 14.5 Å². The van der Waals surface area contributed by atoms with Crippen LogP contribution in [-0.4, -0.2) is 48.9 Å². The summed E-state index contributed by atoms with van der Waals surface area (Å²) in [6.07, 6.45) is 0. The van der Waals surface area contributed by atoms with Gasteiger partial charge in [-0.15, -0.1) is 0 Å². The topological polar surface area (TPSA) is 28.1 Å². The summed E-state index contributed by atoms with van der Waals surface area (Å²) >= 11 is 6.15. The average Bonchev–Trinajstić information content (AvgIpc) is 2.76. The number of piperazine rings is 1. The number of rotatable bonds is 0. The predicted molar refractivity (Wildman–Crippen MR) is 93.2 cm³/mol. The summed E-state index contributed by atoms with van der Waals surface area (Å²) in [4.78, 5) is 8.95. The van der Waals surface area contributed by atoms with Gasteiger partial charge in [-0.05, 0) is 37.4 Å². The van der Waals surface area contributed by atoms with Crippen molar-refractivity contribution in [2.24, 2.45) is 4.99 Å². The fourth-order valence-corrected chi connectivity index (χ4v) is 3.19. The van der Waals surface area contributed by atoms with Gasteiger partial charge in [-0.25, -0.2) is 9.38 Å². The van der Waals surface area contributed by atoms with Crippen LogP contribution >= 0.6 is 11.6 Å². The minimum absolute atomic E-state index is 0.201. The van der Waals surface area contributed by atoms with E-state index in [1.807, 2.05) is 0 Å². The number of halogens is 3. The van der Waals surface area contributed by atoms with E-state index < -0.39 is 11.6 Å². The van der Waals surface area contributed by atoms with Crippen LogP contribution in [0.2, 0.25) is 5.02 Å². The van der Waals surface area contributed by atoms with Crippen molar-refractivity contribution in [2.75, 3.05) is 33.2 Å². The third kappa shape index (κ3) is 2.96. The molecule has 25 heavy (non-hydrogen) atoms. The fraction of sp³-hybridized carbons (Fsp3) is 0.278. The Balaban J connectivity index is 1.88. The fourth-order valence-electron chi connectivity index (χ4n) is 3.02. The lowest BCUT2D eigenvalue weighted by molar-refractivity contribution is 0.215. The Morgan fingerprint density at radius 3 is 2.60 bits per heavy atom. The molecule has 4 rings (SSSR count). The number of amidine groups is 1. The molecule has 4 nitrogen and oxygen atoms in total. The van der Waals surface area contributed by atoms with E-state index in [4.69, 9.17) is 16.3 Å². The first-order valence-corrected chi connectivity index (χ1v) is 8.38. The number of likely N-dealkylation sites (N-methyl/N-ethyl adjacent to an activating group) is 1. The number of ether oxygens (including phenoxy) is 1. The second-order valence-corrected chi connectivity index (χ2v) is 6.61. The molecular weight excluding hydrogens is 348 g/mol. The van der Waals surface area contributed by atoms with Gasteiger partial charge in [-0.3, -0.25) is 0 Å². The normalized spacial score (nSPS) is 17.3. The molecule has 1 fully saturated rings. The molecule has 2 aliphatic rings. The summed E-state index contributed by atoms with van der Waals surface area (Å²) in [7, 11) is 2.06. The summed E-state index contributed by atoms with van der Waals surface area (Å²) < 4.78 is 33.6. The lowest BCUT2D eigenvalue weighted by Crippen LogP contribution is -2.47. The zero-order valence-corrected chi connectivity index (χ0v) is 14.4. The van der Waals surface area contributed by atoms with Crippen molar-refractivity contribution in [2.45, 2.75) is 0 Å². The van der Waals surface area contributed by atoms with Crippen LogP contribution in [0.5, 0.6) is 11.5 Å². The molecule has 0 bridgehead atoms. The summed E-state index contributed by atoms with van der Waals surface area (Å²) in [5.41, 5.74) is 0.938. The molecule has 0 spiro atoms. The van der Waals surface area contributed by atoms with Gasteiger partial charge >= 0.3 is 0 Å². The van der Waals surface area contributed by atoms with Gasteiger partial charge in [0.15, 0.2) is 11.6 Å². The highest BCUT2D eigenvalue weighted by atomic mass is 35.5. The Kier molecular flexibility index (Phi) is 4.09. The monoisotopic (exact) mass is 363 g/mol. The van der Waals surface area contributed by atoms with Gasteiger partial charge in [-0.2, -0.15) is 4.39 Å². The molecule has 7 heteroatoms. The zero-order chi connectivity index (χ0) is 17.6. The minimum atomic E-state index is -1.04.